The predicted octanol–water partition coefficient (Wildman–Crippen LogP) is 4.29. The van der Waals surface area contributed by atoms with Crippen molar-refractivity contribution in [2.75, 3.05) is 0 Å². The second-order valence-electron chi connectivity index (χ2n) is 4.71. The zero-order valence-corrected chi connectivity index (χ0v) is 11.5. The van der Waals surface area contributed by atoms with Gasteiger partial charge in [0.25, 0.3) is 5.89 Å². The van der Waals surface area contributed by atoms with Gasteiger partial charge < -0.3 is 4.52 Å². The summed E-state index contributed by atoms with van der Waals surface area (Å²) in [6.07, 6.45) is -1.54. The molecule has 0 saturated carbocycles. The number of hydrogen-bond donors (Lipinski definition) is 0. The lowest BCUT2D eigenvalue weighted by Gasteiger charge is -2.09. The molecule has 0 atom stereocenters. The van der Waals surface area contributed by atoms with Gasteiger partial charge in [0, 0.05) is 23.5 Å². The third kappa shape index (κ3) is 3.20. The van der Waals surface area contributed by atoms with Crippen LogP contribution in [0.2, 0.25) is 0 Å². The molecule has 0 aliphatic heterocycles. The van der Waals surface area contributed by atoms with E-state index in [0.29, 0.717) is 5.56 Å². The largest absolute Gasteiger partial charge is 0.416 e. The van der Waals surface area contributed by atoms with Crippen molar-refractivity contribution in [1.82, 2.24) is 15.1 Å². The van der Waals surface area contributed by atoms with E-state index in [0.717, 1.165) is 12.1 Å². The Labute approximate surface area is 127 Å². The summed E-state index contributed by atoms with van der Waals surface area (Å²) in [7, 11) is 0. The molecule has 3 aromatic rings. The highest BCUT2D eigenvalue weighted by Crippen LogP contribution is 2.33. The van der Waals surface area contributed by atoms with Crippen LogP contribution >= 0.6 is 0 Å². The molecule has 4 nitrogen and oxygen atoms in total. The maximum atomic E-state index is 12.9. The van der Waals surface area contributed by atoms with E-state index in [-0.39, 0.29) is 22.8 Å². The van der Waals surface area contributed by atoms with E-state index in [1.165, 1.54) is 18.5 Å². The van der Waals surface area contributed by atoms with Crippen LogP contribution in [0.5, 0.6) is 0 Å². The topological polar surface area (TPSA) is 51.8 Å². The molecule has 118 valence electrons. The average molecular weight is 323 g/mol. The van der Waals surface area contributed by atoms with Crippen LogP contribution in [0.1, 0.15) is 11.1 Å². The van der Waals surface area contributed by atoms with Crippen molar-refractivity contribution in [3.05, 3.63) is 53.9 Å². The molecule has 0 aliphatic carbocycles. The summed E-state index contributed by atoms with van der Waals surface area (Å²) in [6, 6.07) is 6.12. The summed E-state index contributed by atoms with van der Waals surface area (Å²) in [5.74, 6) is 0.0965. The quantitative estimate of drug-likeness (QED) is 0.675. The Morgan fingerprint density at radius 1 is 1.00 bits per heavy atom. The van der Waals surface area contributed by atoms with Gasteiger partial charge in [-0.3, -0.25) is 4.98 Å². The zero-order valence-electron chi connectivity index (χ0n) is 11.5. The van der Waals surface area contributed by atoms with Gasteiger partial charge in [-0.15, -0.1) is 0 Å². The summed E-state index contributed by atoms with van der Waals surface area (Å²) in [5, 5.41) is 3.72. The Hall–Kier alpha value is -2.77. The molecule has 0 bridgehead atoms. The van der Waals surface area contributed by atoms with Crippen LogP contribution in [0.3, 0.4) is 0 Å². The average Bonchev–Trinajstić information content (AvgIpc) is 3.04. The summed E-state index contributed by atoms with van der Waals surface area (Å²) in [6.45, 7) is -1.03. The van der Waals surface area contributed by atoms with E-state index in [1.54, 1.807) is 12.1 Å². The van der Waals surface area contributed by atoms with Crippen molar-refractivity contribution < 1.29 is 22.1 Å². The monoisotopic (exact) mass is 323 g/mol. The van der Waals surface area contributed by atoms with Crippen LogP contribution in [-0.4, -0.2) is 15.1 Å². The van der Waals surface area contributed by atoms with Crippen LogP contribution < -0.4 is 0 Å². The molecule has 0 spiro atoms. The lowest BCUT2D eigenvalue weighted by atomic mass is 10.1. The van der Waals surface area contributed by atoms with Gasteiger partial charge in [0.2, 0.25) is 5.82 Å². The molecule has 0 amide bonds. The fraction of sp³-hybridized carbons (Fsp3) is 0.133. The summed E-state index contributed by atoms with van der Waals surface area (Å²) >= 11 is 0. The van der Waals surface area contributed by atoms with Crippen LogP contribution in [0.15, 0.2) is 47.2 Å². The van der Waals surface area contributed by atoms with Gasteiger partial charge in [0.15, 0.2) is 0 Å². The number of aromatic nitrogens is 3. The Morgan fingerprint density at radius 2 is 1.74 bits per heavy atom. The van der Waals surface area contributed by atoms with E-state index in [1.807, 2.05) is 0 Å². The minimum atomic E-state index is -4.59. The first kappa shape index (κ1) is 15.1. The highest BCUT2D eigenvalue weighted by molar-refractivity contribution is 5.61. The van der Waals surface area contributed by atoms with Crippen molar-refractivity contribution >= 4 is 0 Å². The van der Waals surface area contributed by atoms with Crippen molar-refractivity contribution in [3.63, 3.8) is 0 Å². The minimum Gasteiger partial charge on any atom is -0.334 e. The number of hydrogen-bond acceptors (Lipinski definition) is 4. The Bertz CT molecular complexity index is 815. The molecule has 0 radical (unpaired) electrons. The van der Waals surface area contributed by atoms with Crippen molar-refractivity contribution in [2.45, 2.75) is 12.9 Å². The molecular weight excluding hydrogens is 314 g/mol. The fourth-order valence-corrected chi connectivity index (χ4v) is 2.02. The highest BCUT2D eigenvalue weighted by atomic mass is 19.4. The zero-order chi connectivity index (χ0) is 16.4. The molecular formula is C15H9F4N3O. The van der Waals surface area contributed by atoms with E-state index < -0.39 is 18.4 Å². The van der Waals surface area contributed by atoms with Crippen LogP contribution in [0, 0.1) is 0 Å². The molecule has 1 aromatic carbocycles. The first-order valence-corrected chi connectivity index (χ1v) is 6.49. The standard InChI is InChI=1S/C15H9F4N3O/c16-8-9-5-11(7-12(6-9)15(17,18)19)14-21-13(22-23-14)10-1-3-20-4-2-10/h1-7H,8H2. The minimum absolute atomic E-state index is 0.0141. The second-order valence-corrected chi connectivity index (χ2v) is 4.71. The summed E-state index contributed by atoms with van der Waals surface area (Å²) < 4.78 is 56.4. The third-order valence-electron chi connectivity index (χ3n) is 3.09. The first-order chi connectivity index (χ1) is 11.0. The van der Waals surface area contributed by atoms with E-state index in [4.69, 9.17) is 4.52 Å². The second kappa shape index (κ2) is 5.79. The molecule has 3 rings (SSSR count). The number of pyridine rings is 1. The van der Waals surface area contributed by atoms with Gasteiger partial charge in [-0.05, 0) is 35.9 Å². The molecule has 0 aliphatic rings. The highest BCUT2D eigenvalue weighted by Gasteiger charge is 2.31. The van der Waals surface area contributed by atoms with Crippen molar-refractivity contribution in [2.24, 2.45) is 0 Å². The summed E-state index contributed by atoms with van der Waals surface area (Å²) in [4.78, 5) is 7.90. The molecule has 8 heteroatoms. The van der Waals surface area contributed by atoms with E-state index >= 15 is 0 Å². The van der Waals surface area contributed by atoms with Crippen LogP contribution in [0.25, 0.3) is 22.8 Å². The molecule has 0 N–H and O–H groups in total. The Morgan fingerprint density at radius 3 is 2.39 bits per heavy atom. The first-order valence-electron chi connectivity index (χ1n) is 6.49. The van der Waals surface area contributed by atoms with E-state index in [9.17, 15) is 17.6 Å². The lowest BCUT2D eigenvalue weighted by Crippen LogP contribution is -2.05. The molecule has 0 saturated heterocycles. The third-order valence-corrected chi connectivity index (χ3v) is 3.09. The normalized spacial score (nSPS) is 11.7. The SMILES string of the molecule is FCc1cc(-c2nc(-c3ccncc3)no2)cc(C(F)(F)F)c1. The van der Waals surface area contributed by atoms with Gasteiger partial charge in [-0.1, -0.05) is 5.16 Å². The fourth-order valence-electron chi connectivity index (χ4n) is 2.02. The number of halogens is 4. The Balaban J connectivity index is 2.04. The summed E-state index contributed by atoms with van der Waals surface area (Å²) in [5.41, 5.74) is -0.460. The molecule has 0 fully saturated rings. The maximum Gasteiger partial charge on any atom is 0.416 e. The number of nitrogens with zero attached hydrogens (tertiary/aromatic N) is 3. The Kier molecular flexibility index (Phi) is 3.81. The van der Waals surface area contributed by atoms with Gasteiger partial charge in [0.1, 0.15) is 6.67 Å². The lowest BCUT2D eigenvalue weighted by molar-refractivity contribution is -0.137. The molecule has 2 heterocycles. The van der Waals surface area contributed by atoms with Gasteiger partial charge in [-0.2, -0.15) is 18.2 Å². The van der Waals surface area contributed by atoms with Gasteiger partial charge >= 0.3 is 6.18 Å². The van der Waals surface area contributed by atoms with Gasteiger partial charge in [-0.25, -0.2) is 4.39 Å². The maximum absolute atomic E-state index is 12.9. The van der Waals surface area contributed by atoms with Gasteiger partial charge in [0.05, 0.1) is 5.56 Å². The number of benzene rings is 1. The molecule has 23 heavy (non-hydrogen) atoms. The molecule has 0 unspecified atom stereocenters. The smallest absolute Gasteiger partial charge is 0.334 e. The predicted molar refractivity (Wildman–Crippen MR) is 72.8 cm³/mol. The molecule has 2 aromatic heterocycles. The van der Waals surface area contributed by atoms with Crippen LogP contribution in [0.4, 0.5) is 17.6 Å². The van der Waals surface area contributed by atoms with E-state index in [2.05, 4.69) is 15.1 Å². The number of alkyl halides is 4. The van der Waals surface area contributed by atoms with Crippen molar-refractivity contribution in [3.8, 4) is 22.8 Å². The number of rotatable bonds is 3. The van der Waals surface area contributed by atoms with Crippen LogP contribution in [-0.2, 0) is 12.9 Å². The van der Waals surface area contributed by atoms with Crippen molar-refractivity contribution in [1.29, 1.82) is 0 Å².